The van der Waals surface area contributed by atoms with E-state index in [1.807, 2.05) is 6.07 Å². The third-order valence-electron chi connectivity index (χ3n) is 2.28. The number of benzene rings is 1. The summed E-state index contributed by atoms with van der Waals surface area (Å²) in [5.41, 5.74) is 3.52. The molecule has 0 atom stereocenters. The van der Waals surface area contributed by atoms with Gasteiger partial charge in [0.1, 0.15) is 0 Å². The SMILES string of the molecule is C=C(CC)CNc1cccc(COC)c1. The van der Waals surface area contributed by atoms with E-state index in [0.29, 0.717) is 6.61 Å². The highest BCUT2D eigenvalue weighted by Gasteiger charge is 1.95. The molecular weight excluding hydrogens is 186 g/mol. The second kappa shape index (κ2) is 6.25. The summed E-state index contributed by atoms with van der Waals surface area (Å²) in [6.45, 7) is 7.57. The normalized spacial score (nSPS) is 10.0. The van der Waals surface area contributed by atoms with Crippen molar-refractivity contribution in [2.75, 3.05) is 19.0 Å². The summed E-state index contributed by atoms with van der Waals surface area (Å²) in [6, 6.07) is 8.25. The number of hydrogen-bond donors (Lipinski definition) is 1. The molecule has 82 valence electrons. The van der Waals surface area contributed by atoms with Crippen LogP contribution in [-0.2, 0) is 11.3 Å². The van der Waals surface area contributed by atoms with Gasteiger partial charge in [0.05, 0.1) is 6.61 Å². The monoisotopic (exact) mass is 205 g/mol. The van der Waals surface area contributed by atoms with Gasteiger partial charge in [0, 0.05) is 19.3 Å². The fourth-order valence-corrected chi connectivity index (χ4v) is 1.29. The first-order valence-electron chi connectivity index (χ1n) is 5.24. The first-order valence-corrected chi connectivity index (χ1v) is 5.24. The zero-order chi connectivity index (χ0) is 11.1. The van der Waals surface area contributed by atoms with Gasteiger partial charge >= 0.3 is 0 Å². The van der Waals surface area contributed by atoms with Crippen molar-refractivity contribution < 1.29 is 4.74 Å². The Hall–Kier alpha value is -1.28. The van der Waals surface area contributed by atoms with E-state index in [9.17, 15) is 0 Å². The van der Waals surface area contributed by atoms with Gasteiger partial charge in [-0.1, -0.05) is 31.2 Å². The second-order valence-corrected chi connectivity index (χ2v) is 3.59. The molecule has 2 nitrogen and oxygen atoms in total. The number of methoxy groups -OCH3 is 1. The third kappa shape index (κ3) is 4.17. The van der Waals surface area contributed by atoms with Crippen molar-refractivity contribution in [3.05, 3.63) is 42.0 Å². The van der Waals surface area contributed by atoms with Crippen LogP contribution < -0.4 is 5.32 Å². The predicted octanol–water partition coefficient (Wildman–Crippen LogP) is 3.21. The first kappa shape index (κ1) is 11.8. The Bertz CT molecular complexity index is 320. The van der Waals surface area contributed by atoms with Gasteiger partial charge in [-0.05, 0) is 24.1 Å². The molecule has 0 saturated carbocycles. The maximum Gasteiger partial charge on any atom is 0.0713 e. The number of anilines is 1. The fraction of sp³-hybridized carbons (Fsp3) is 0.385. The van der Waals surface area contributed by atoms with E-state index >= 15 is 0 Å². The van der Waals surface area contributed by atoms with Gasteiger partial charge in [0.2, 0.25) is 0 Å². The average Bonchev–Trinajstić information content (AvgIpc) is 2.27. The van der Waals surface area contributed by atoms with E-state index in [0.717, 1.165) is 18.7 Å². The van der Waals surface area contributed by atoms with E-state index in [1.165, 1.54) is 11.1 Å². The molecule has 15 heavy (non-hydrogen) atoms. The number of nitrogens with one attached hydrogen (secondary N) is 1. The standard InChI is InChI=1S/C13H19NO/c1-4-11(2)9-14-13-7-5-6-12(8-13)10-15-3/h5-8,14H,2,4,9-10H2,1,3H3. The van der Waals surface area contributed by atoms with Gasteiger partial charge in [-0.15, -0.1) is 0 Å². The van der Waals surface area contributed by atoms with Crippen LogP contribution in [0.15, 0.2) is 36.4 Å². The molecule has 0 saturated heterocycles. The topological polar surface area (TPSA) is 21.3 Å². The molecule has 0 aliphatic carbocycles. The Balaban J connectivity index is 2.53. The first-order chi connectivity index (χ1) is 7.26. The van der Waals surface area contributed by atoms with E-state index in [2.05, 4.69) is 37.0 Å². The zero-order valence-electron chi connectivity index (χ0n) is 9.55. The lowest BCUT2D eigenvalue weighted by Crippen LogP contribution is -2.03. The largest absolute Gasteiger partial charge is 0.381 e. The van der Waals surface area contributed by atoms with Crippen LogP contribution in [0.25, 0.3) is 0 Å². The summed E-state index contributed by atoms with van der Waals surface area (Å²) in [4.78, 5) is 0. The summed E-state index contributed by atoms with van der Waals surface area (Å²) in [5, 5.41) is 3.34. The van der Waals surface area contributed by atoms with Crippen molar-refractivity contribution in [1.29, 1.82) is 0 Å². The van der Waals surface area contributed by atoms with E-state index < -0.39 is 0 Å². The summed E-state index contributed by atoms with van der Waals surface area (Å²) in [5.74, 6) is 0. The van der Waals surface area contributed by atoms with Crippen LogP contribution in [0.4, 0.5) is 5.69 Å². The molecule has 0 aliphatic heterocycles. The van der Waals surface area contributed by atoms with Crippen LogP contribution in [0.1, 0.15) is 18.9 Å². The highest BCUT2D eigenvalue weighted by Crippen LogP contribution is 2.12. The van der Waals surface area contributed by atoms with Gasteiger partial charge in [-0.2, -0.15) is 0 Å². The Morgan fingerprint density at radius 2 is 2.27 bits per heavy atom. The average molecular weight is 205 g/mol. The lowest BCUT2D eigenvalue weighted by molar-refractivity contribution is 0.185. The van der Waals surface area contributed by atoms with Crippen LogP contribution in [-0.4, -0.2) is 13.7 Å². The molecule has 0 aliphatic rings. The molecule has 1 aromatic carbocycles. The van der Waals surface area contributed by atoms with Crippen molar-refractivity contribution in [3.63, 3.8) is 0 Å². The predicted molar refractivity (Wildman–Crippen MR) is 65.1 cm³/mol. The maximum absolute atomic E-state index is 5.08. The van der Waals surface area contributed by atoms with Crippen LogP contribution >= 0.6 is 0 Å². The van der Waals surface area contributed by atoms with Crippen LogP contribution in [0.2, 0.25) is 0 Å². The molecule has 0 heterocycles. The number of hydrogen-bond acceptors (Lipinski definition) is 2. The Kier molecular flexibility index (Phi) is 4.91. The summed E-state index contributed by atoms with van der Waals surface area (Å²) in [7, 11) is 1.71. The summed E-state index contributed by atoms with van der Waals surface area (Å²) >= 11 is 0. The quantitative estimate of drug-likeness (QED) is 0.720. The number of ether oxygens (including phenoxy) is 1. The van der Waals surface area contributed by atoms with Crippen molar-refractivity contribution in [3.8, 4) is 0 Å². The van der Waals surface area contributed by atoms with Crippen molar-refractivity contribution in [2.24, 2.45) is 0 Å². The number of rotatable bonds is 6. The fourth-order valence-electron chi connectivity index (χ4n) is 1.29. The van der Waals surface area contributed by atoms with Crippen LogP contribution in [0.5, 0.6) is 0 Å². The van der Waals surface area contributed by atoms with Crippen molar-refractivity contribution in [1.82, 2.24) is 0 Å². The van der Waals surface area contributed by atoms with Gasteiger partial charge in [0.25, 0.3) is 0 Å². The van der Waals surface area contributed by atoms with Gasteiger partial charge in [0.15, 0.2) is 0 Å². The second-order valence-electron chi connectivity index (χ2n) is 3.59. The van der Waals surface area contributed by atoms with Crippen molar-refractivity contribution in [2.45, 2.75) is 20.0 Å². The Morgan fingerprint density at radius 3 is 2.93 bits per heavy atom. The van der Waals surface area contributed by atoms with Gasteiger partial charge in [-0.3, -0.25) is 0 Å². The lowest BCUT2D eigenvalue weighted by Gasteiger charge is -2.08. The molecule has 0 aromatic heterocycles. The molecule has 1 aromatic rings. The minimum atomic E-state index is 0.657. The lowest BCUT2D eigenvalue weighted by atomic mass is 10.2. The molecule has 0 bridgehead atoms. The van der Waals surface area contributed by atoms with E-state index in [1.54, 1.807) is 7.11 Å². The van der Waals surface area contributed by atoms with Gasteiger partial charge < -0.3 is 10.1 Å². The van der Waals surface area contributed by atoms with E-state index in [4.69, 9.17) is 4.74 Å². The molecule has 1 N–H and O–H groups in total. The minimum absolute atomic E-state index is 0.657. The summed E-state index contributed by atoms with van der Waals surface area (Å²) < 4.78 is 5.08. The molecule has 0 spiro atoms. The third-order valence-corrected chi connectivity index (χ3v) is 2.28. The highest BCUT2D eigenvalue weighted by molar-refractivity contribution is 5.46. The van der Waals surface area contributed by atoms with Crippen LogP contribution in [0.3, 0.4) is 0 Å². The van der Waals surface area contributed by atoms with Crippen molar-refractivity contribution >= 4 is 5.69 Å². The Morgan fingerprint density at radius 1 is 1.47 bits per heavy atom. The minimum Gasteiger partial charge on any atom is -0.381 e. The molecule has 0 fully saturated rings. The molecule has 0 unspecified atom stereocenters. The summed E-state index contributed by atoms with van der Waals surface area (Å²) in [6.07, 6.45) is 1.02. The molecular formula is C13H19NO. The maximum atomic E-state index is 5.08. The molecule has 0 amide bonds. The molecule has 2 heteroatoms. The van der Waals surface area contributed by atoms with E-state index in [-0.39, 0.29) is 0 Å². The highest BCUT2D eigenvalue weighted by atomic mass is 16.5. The van der Waals surface area contributed by atoms with Gasteiger partial charge in [-0.25, -0.2) is 0 Å². The molecule has 1 rings (SSSR count). The zero-order valence-corrected chi connectivity index (χ0v) is 9.55. The smallest absolute Gasteiger partial charge is 0.0713 e. The molecule has 0 radical (unpaired) electrons. The Labute approximate surface area is 92.0 Å². The van der Waals surface area contributed by atoms with Crippen LogP contribution in [0, 0.1) is 0 Å².